The van der Waals surface area contributed by atoms with Gasteiger partial charge in [-0.3, -0.25) is 9.59 Å². The third-order valence-electron chi connectivity index (χ3n) is 6.56. The molecule has 7 heteroatoms. The fourth-order valence-electron chi connectivity index (χ4n) is 4.72. The Balaban J connectivity index is 1.54. The van der Waals surface area contributed by atoms with Gasteiger partial charge in [0.1, 0.15) is 11.3 Å². The molecule has 0 fully saturated rings. The Labute approximate surface area is 194 Å². The van der Waals surface area contributed by atoms with Crippen molar-refractivity contribution in [1.82, 2.24) is 4.90 Å². The Hall–Kier alpha value is -4.26. The fraction of sp³-hybridized carbons (Fsp3) is 0.185. The predicted molar refractivity (Wildman–Crippen MR) is 124 cm³/mol. The number of hydrogen-bond donors (Lipinski definition) is 1. The summed E-state index contributed by atoms with van der Waals surface area (Å²) in [5, 5.41) is 10.6. The van der Waals surface area contributed by atoms with Crippen molar-refractivity contribution in [2.24, 2.45) is 0 Å². The van der Waals surface area contributed by atoms with Gasteiger partial charge in [-0.2, -0.15) is 0 Å². The number of fused-ring (bicyclic) bond motifs is 3. The number of phenolic OH excluding ortho intramolecular Hbond substituents is 1. The molecule has 0 aliphatic carbocycles. The second-order valence-electron chi connectivity index (χ2n) is 8.72. The lowest BCUT2D eigenvalue weighted by Crippen LogP contribution is -2.29. The molecule has 0 spiro atoms. The third kappa shape index (κ3) is 3.04. The molecule has 1 unspecified atom stereocenters. The number of ether oxygens (including phenoxy) is 2. The number of aromatic hydroxyl groups is 1. The maximum absolute atomic E-state index is 13.7. The normalized spacial score (nSPS) is 16.4. The number of carbonyl (C=O) groups excluding carboxylic acids is 1. The van der Waals surface area contributed by atoms with Crippen LogP contribution < -0.4 is 14.9 Å². The van der Waals surface area contributed by atoms with Crippen LogP contribution in [0.2, 0.25) is 0 Å². The number of hydrogen-bond acceptors (Lipinski definition) is 6. The number of rotatable bonds is 3. The standard InChI is InChI=1S/C27H21NO6/c1-14-8-19-21(9-15(14)2)34-26-23(25(19)30)24(17-4-3-5-18(29)11-17)28(27(26)31)12-16-6-7-20-22(10-16)33-13-32-20/h3-11,24,29H,12-13H2,1-2H3. The lowest BCUT2D eigenvalue weighted by Gasteiger charge is -2.25. The Morgan fingerprint density at radius 1 is 0.971 bits per heavy atom. The molecule has 2 aliphatic rings. The molecule has 1 atom stereocenters. The summed E-state index contributed by atoms with van der Waals surface area (Å²) >= 11 is 0. The zero-order chi connectivity index (χ0) is 23.6. The Morgan fingerprint density at radius 2 is 1.76 bits per heavy atom. The lowest BCUT2D eigenvalue weighted by atomic mass is 9.97. The molecule has 7 nitrogen and oxygen atoms in total. The van der Waals surface area contributed by atoms with Crippen LogP contribution in [-0.2, 0) is 6.54 Å². The lowest BCUT2D eigenvalue weighted by molar-refractivity contribution is 0.0714. The van der Waals surface area contributed by atoms with Crippen LogP contribution in [0.25, 0.3) is 11.0 Å². The summed E-state index contributed by atoms with van der Waals surface area (Å²) in [5.41, 5.74) is 3.82. The average Bonchev–Trinajstić information content (AvgIpc) is 3.38. The van der Waals surface area contributed by atoms with E-state index in [1.54, 1.807) is 47.4 Å². The summed E-state index contributed by atoms with van der Waals surface area (Å²) in [7, 11) is 0. The van der Waals surface area contributed by atoms with Gasteiger partial charge in [0.25, 0.3) is 5.91 Å². The van der Waals surface area contributed by atoms with Crippen molar-refractivity contribution in [2.75, 3.05) is 6.79 Å². The maximum atomic E-state index is 13.7. The molecule has 0 radical (unpaired) electrons. The highest BCUT2D eigenvalue weighted by Crippen LogP contribution is 2.41. The smallest absolute Gasteiger partial charge is 0.291 e. The first kappa shape index (κ1) is 20.4. The first-order chi connectivity index (χ1) is 16.4. The number of phenols is 1. The van der Waals surface area contributed by atoms with E-state index in [1.807, 2.05) is 26.0 Å². The van der Waals surface area contributed by atoms with Gasteiger partial charge in [0.2, 0.25) is 12.6 Å². The first-order valence-electron chi connectivity index (χ1n) is 11.0. The summed E-state index contributed by atoms with van der Waals surface area (Å²) in [6.45, 7) is 4.24. The molecule has 0 saturated heterocycles. The van der Waals surface area contributed by atoms with E-state index in [0.717, 1.165) is 16.7 Å². The predicted octanol–water partition coefficient (Wildman–Crippen LogP) is 4.59. The minimum Gasteiger partial charge on any atom is -0.508 e. The highest BCUT2D eigenvalue weighted by molar-refractivity contribution is 5.99. The molecule has 0 bridgehead atoms. The largest absolute Gasteiger partial charge is 0.508 e. The summed E-state index contributed by atoms with van der Waals surface area (Å²) in [4.78, 5) is 28.9. The van der Waals surface area contributed by atoms with Gasteiger partial charge in [-0.25, -0.2) is 0 Å². The molecule has 3 heterocycles. The van der Waals surface area contributed by atoms with Crippen molar-refractivity contribution >= 4 is 16.9 Å². The van der Waals surface area contributed by atoms with Crippen LogP contribution in [0.5, 0.6) is 17.2 Å². The van der Waals surface area contributed by atoms with Crippen molar-refractivity contribution in [1.29, 1.82) is 0 Å². The van der Waals surface area contributed by atoms with E-state index >= 15 is 0 Å². The van der Waals surface area contributed by atoms with Gasteiger partial charge in [0.15, 0.2) is 16.9 Å². The van der Waals surface area contributed by atoms with Gasteiger partial charge in [-0.15, -0.1) is 0 Å². The molecule has 4 aromatic rings. The number of carbonyl (C=O) groups is 1. The molecule has 1 amide bonds. The molecular formula is C27H21NO6. The van der Waals surface area contributed by atoms with Gasteiger partial charge in [0, 0.05) is 6.54 Å². The summed E-state index contributed by atoms with van der Waals surface area (Å²) in [5.74, 6) is 0.978. The molecule has 34 heavy (non-hydrogen) atoms. The van der Waals surface area contributed by atoms with Crippen LogP contribution in [0, 0.1) is 13.8 Å². The molecule has 0 saturated carbocycles. The van der Waals surface area contributed by atoms with Gasteiger partial charge >= 0.3 is 0 Å². The Kier molecular flexibility index (Phi) is 4.42. The van der Waals surface area contributed by atoms with E-state index in [9.17, 15) is 14.7 Å². The molecule has 2 aliphatic heterocycles. The second-order valence-corrected chi connectivity index (χ2v) is 8.72. The van der Waals surface area contributed by atoms with E-state index in [2.05, 4.69) is 0 Å². The average molecular weight is 455 g/mol. The van der Waals surface area contributed by atoms with Crippen molar-refractivity contribution < 1.29 is 23.8 Å². The van der Waals surface area contributed by atoms with Crippen LogP contribution in [0.4, 0.5) is 0 Å². The van der Waals surface area contributed by atoms with E-state index in [4.69, 9.17) is 13.9 Å². The van der Waals surface area contributed by atoms with Gasteiger partial charge in [-0.05, 0) is 72.5 Å². The zero-order valence-corrected chi connectivity index (χ0v) is 18.6. The molecular weight excluding hydrogens is 434 g/mol. The van der Waals surface area contributed by atoms with Crippen LogP contribution in [0.1, 0.15) is 44.4 Å². The van der Waals surface area contributed by atoms with Gasteiger partial charge in [0.05, 0.1) is 17.0 Å². The fourth-order valence-corrected chi connectivity index (χ4v) is 4.72. The Bertz CT molecular complexity index is 1550. The monoisotopic (exact) mass is 455 g/mol. The SMILES string of the molecule is Cc1cc2oc3c(c(=O)c2cc1C)C(c1cccc(O)c1)N(Cc1ccc2c(c1)OCO2)C3=O. The van der Waals surface area contributed by atoms with Crippen LogP contribution in [-0.4, -0.2) is 22.7 Å². The molecule has 3 aromatic carbocycles. The quantitative estimate of drug-likeness (QED) is 0.486. The summed E-state index contributed by atoms with van der Waals surface area (Å²) in [6, 6.07) is 15.0. The summed E-state index contributed by atoms with van der Waals surface area (Å²) < 4.78 is 16.9. The number of aryl methyl sites for hydroxylation is 2. The van der Waals surface area contributed by atoms with Crippen molar-refractivity contribution in [2.45, 2.75) is 26.4 Å². The zero-order valence-electron chi connectivity index (χ0n) is 18.6. The molecule has 1 aromatic heterocycles. The Morgan fingerprint density at radius 3 is 2.59 bits per heavy atom. The summed E-state index contributed by atoms with van der Waals surface area (Å²) in [6.07, 6.45) is 0. The van der Waals surface area contributed by atoms with E-state index in [-0.39, 0.29) is 41.7 Å². The van der Waals surface area contributed by atoms with E-state index in [1.165, 1.54) is 0 Å². The molecule has 6 rings (SSSR count). The number of amides is 1. The van der Waals surface area contributed by atoms with Crippen molar-refractivity contribution in [3.05, 3.63) is 98.4 Å². The topological polar surface area (TPSA) is 89.2 Å². The van der Waals surface area contributed by atoms with Gasteiger partial charge < -0.3 is 23.9 Å². The number of benzene rings is 3. The molecule has 1 N–H and O–H groups in total. The van der Waals surface area contributed by atoms with Gasteiger partial charge in [-0.1, -0.05) is 18.2 Å². The van der Waals surface area contributed by atoms with E-state index < -0.39 is 6.04 Å². The van der Waals surface area contributed by atoms with E-state index in [0.29, 0.717) is 28.0 Å². The minimum absolute atomic E-state index is 0.0369. The first-order valence-corrected chi connectivity index (χ1v) is 11.0. The van der Waals surface area contributed by atoms with Crippen LogP contribution in [0.3, 0.4) is 0 Å². The van der Waals surface area contributed by atoms with Crippen molar-refractivity contribution in [3.8, 4) is 17.2 Å². The third-order valence-corrected chi connectivity index (χ3v) is 6.56. The van der Waals surface area contributed by atoms with Crippen molar-refractivity contribution in [3.63, 3.8) is 0 Å². The van der Waals surface area contributed by atoms with Crippen LogP contribution >= 0.6 is 0 Å². The molecule has 170 valence electrons. The van der Waals surface area contributed by atoms with Crippen LogP contribution in [0.15, 0.2) is 63.8 Å². The minimum atomic E-state index is -0.706. The highest BCUT2D eigenvalue weighted by atomic mass is 16.7. The number of nitrogens with zero attached hydrogens (tertiary/aromatic N) is 1. The maximum Gasteiger partial charge on any atom is 0.291 e. The second kappa shape index (κ2) is 7.38. The highest BCUT2D eigenvalue weighted by Gasteiger charge is 2.43.